The third kappa shape index (κ3) is 5.27. The lowest BCUT2D eigenvalue weighted by Gasteiger charge is -2.41. The maximum Gasteiger partial charge on any atom is 0.226 e. The van der Waals surface area contributed by atoms with Crippen LogP contribution in [0.25, 0.3) is 10.9 Å². The normalized spacial score (nSPS) is 23.1. The first kappa shape index (κ1) is 25.0. The van der Waals surface area contributed by atoms with Gasteiger partial charge in [-0.15, -0.1) is 0 Å². The monoisotopic (exact) mass is 482 g/mol. The Morgan fingerprint density at radius 1 is 1.21 bits per heavy atom. The van der Waals surface area contributed by atoms with Crippen molar-refractivity contribution in [2.24, 2.45) is 17.8 Å². The summed E-state index contributed by atoms with van der Waals surface area (Å²) in [5, 5.41) is 5.54. The molecule has 2 heterocycles. The molecule has 1 aliphatic heterocycles. The van der Waals surface area contributed by atoms with Crippen LogP contribution in [0, 0.1) is 17.8 Å². The second-order valence-corrected chi connectivity index (χ2v) is 12.2. The minimum Gasteiger partial charge on any atom is -0.358 e. The smallest absolute Gasteiger partial charge is 0.226 e. The van der Waals surface area contributed by atoms with Gasteiger partial charge in [0.2, 0.25) is 5.91 Å². The Balaban J connectivity index is 1.39. The van der Waals surface area contributed by atoms with E-state index >= 15 is 0 Å². The second kappa shape index (κ2) is 9.88. The number of nitrogens with zero attached hydrogens (tertiary/aromatic N) is 2. The highest BCUT2D eigenvalue weighted by molar-refractivity contribution is 7.80. The Morgan fingerprint density at radius 2 is 1.88 bits per heavy atom. The van der Waals surface area contributed by atoms with Crippen LogP contribution in [0.3, 0.4) is 0 Å². The Bertz CT molecular complexity index is 1030. The van der Waals surface area contributed by atoms with Crippen molar-refractivity contribution in [1.29, 1.82) is 0 Å². The van der Waals surface area contributed by atoms with E-state index in [0.29, 0.717) is 17.7 Å². The Morgan fingerprint density at radius 3 is 2.53 bits per heavy atom. The van der Waals surface area contributed by atoms with Gasteiger partial charge in [0, 0.05) is 48.2 Å². The van der Waals surface area contributed by atoms with E-state index in [1.165, 1.54) is 22.2 Å². The average molecular weight is 483 g/mol. The minimum absolute atomic E-state index is 0.0261. The fraction of sp³-hybridized carbons (Fsp3) is 0.643. The van der Waals surface area contributed by atoms with Crippen LogP contribution in [0.5, 0.6) is 0 Å². The molecule has 0 bridgehead atoms. The summed E-state index contributed by atoms with van der Waals surface area (Å²) in [6.07, 6.45) is 5.09. The molecule has 2 N–H and O–H groups in total. The summed E-state index contributed by atoms with van der Waals surface area (Å²) < 4.78 is 0. The number of aromatic amines is 1. The molecule has 34 heavy (non-hydrogen) atoms. The predicted molar refractivity (Wildman–Crippen MR) is 145 cm³/mol. The van der Waals surface area contributed by atoms with Crippen LogP contribution in [-0.4, -0.2) is 51.5 Å². The number of carbonyl (C=O) groups is 1. The number of fused-ring (bicyclic) bond motifs is 3. The first-order valence-corrected chi connectivity index (χ1v) is 13.4. The van der Waals surface area contributed by atoms with Crippen LogP contribution in [0.2, 0.25) is 0 Å². The number of para-hydroxylation sites is 1. The highest BCUT2D eigenvalue weighted by Crippen LogP contribution is 2.40. The van der Waals surface area contributed by atoms with Gasteiger partial charge in [-0.05, 0) is 88.6 Å². The summed E-state index contributed by atoms with van der Waals surface area (Å²) in [4.78, 5) is 21.8. The number of H-pyrrole nitrogens is 1. The summed E-state index contributed by atoms with van der Waals surface area (Å²) in [5.41, 5.74) is 3.83. The number of carbonyl (C=O) groups excluding carboxylic acids is 1. The molecule has 0 radical (unpaired) electrons. The lowest BCUT2D eigenvalue weighted by Crippen LogP contribution is -2.48. The molecule has 1 aromatic carbocycles. The Hall–Kier alpha value is -2.08. The van der Waals surface area contributed by atoms with Gasteiger partial charge in [0.15, 0.2) is 5.11 Å². The van der Waals surface area contributed by atoms with E-state index in [1.807, 2.05) is 0 Å². The molecule has 1 unspecified atom stereocenters. The van der Waals surface area contributed by atoms with E-state index in [4.69, 9.17) is 12.2 Å². The molecule has 1 aromatic heterocycles. The van der Waals surface area contributed by atoms with Crippen molar-refractivity contribution in [3.8, 4) is 0 Å². The molecule has 1 aliphatic carbocycles. The lowest BCUT2D eigenvalue weighted by atomic mass is 9.80. The van der Waals surface area contributed by atoms with Gasteiger partial charge in [-0.3, -0.25) is 4.79 Å². The van der Waals surface area contributed by atoms with Crippen LogP contribution in [-0.2, 0) is 11.2 Å². The summed E-state index contributed by atoms with van der Waals surface area (Å²) in [6.45, 7) is 12.7. The molecule has 2 aromatic rings. The van der Waals surface area contributed by atoms with Crippen LogP contribution in [0.15, 0.2) is 24.3 Å². The SMILES string of the molecule is CC(C)C1c2[nH]c3ccccc3c2CCN1C(=O)C1CCC(CN(C)C(=S)NC(C)(C)C)CC1. The molecule has 0 saturated heterocycles. The van der Waals surface area contributed by atoms with Crippen LogP contribution < -0.4 is 5.32 Å². The zero-order valence-corrected chi connectivity index (χ0v) is 22.6. The van der Waals surface area contributed by atoms with Crippen molar-refractivity contribution < 1.29 is 4.79 Å². The molecule has 1 saturated carbocycles. The quantitative estimate of drug-likeness (QED) is 0.552. The highest BCUT2D eigenvalue weighted by Gasteiger charge is 2.38. The number of amides is 1. The molecule has 1 amide bonds. The van der Waals surface area contributed by atoms with Crippen molar-refractivity contribution in [2.75, 3.05) is 20.1 Å². The van der Waals surface area contributed by atoms with Gasteiger partial charge < -0.3 is 20.1 Å². The van der Waals surface area contributed by atoms with Crippen molar-refractivity contribution in [3.05, 3.63) is 35.5 Å². The fourth-order valence-electron chi connectivity index (χ4n) is 5.92. The van der Waals surface area contributed by atoms with Crippen molar-refractivity contribution in [3.63, 3.8) is 0 Å². The number of aromatic nitrogens is 1. The molecule has 6 heteroatoms. The predicted octanol–water partition coefficient (Wildman–Crippen LogP) is 5.66. The summed E-state index contributed by atoms with van der Waals surface area (Å²) >= 11 is 5.59. The van der Waals surface area contributed by atoms with Crippen LogP contribution >= 0.6 is 12.2 Å². The molecule has 5 nitrogen and oxygen atoms in total. The summed E-state index contributed by atoms with van der Waals surface area (Å²) in [5.74, 6) is 1.47. The zero-order chi connectivity index (χ0) is 24.6. The van der Waals surface area contributed by atoms with E-state index in [-0.39, 0.29) is 17.5 Å². The maximum absolute atomic E-state index is 13.8. The topological polar surface area (TPSA) is 51.4 Å². The lowest BCUT2D eigenvalue weighted by molar-refractivity contribution is -0.141. The molecular weight excluding hydrogens is 440 g/mol. The second-order valence-electron chi connectivity index (χ2n) is 11.8. The van der Waals surface area contributed by atoms with E-state index in [0.717, 1.165) is 50.3 Å². The highest BCUT2D eigenvalue weighted by atomic mass is 32.1. The zero-order valence-electron chi connectivity index (χ0n) is 21.8. The fourth-order valence-corrected chi connectivity index (χ4v) is 6.30. The molecule has 186 valence electrons. The van der Waals surface area contributed by atoms with E-state index in [2.05, 4.69) is 86.0 Å². The standard InChI is InChI=1S/C28H42N4OS/c1-18(2)25-24-22(21-9-7-8-10-23(21)29-24)15-16-32(25)26(33)20-13-11-19(12-14-20)17-31(6)27(34)30-28(3,4)5/h7-10,18-20,25,29H,11-17H2,1-6H3,(H,30,34). The van der Waals surface area contributed by atoms with Gasteiger partial charge in [0.25, 0.3) is 0 Å². The van der Waals surface area contributed by atoms with E-state index in [1.54, 1.807) is 0 Å². The minimum atomic E-state index is -0.0261. The van der Waals surface area contributed by atoms with Gasteiger partial charge in [-0.25, -0.2) is 0 Å². The van der Waals surface area contributed by atoms with Gasteiger partial charge in [-0.2, -0.15) is 0 Å². The molecular formula is C28H42N4OS. The van der Waals surface area contributed by atoms with Crippen LogP contribution in [0.4, 0.5) is 0 Å². The van der Waals surface area contributed by atoms with Crippen molar-refractivity contribution in [2.45, 2.75) is 78.3 Å². The van der Waals surface area contributed by atoms with Crippen molar-refractivity contribution in [1.82, 2.24) is 20.1 Å². The summed E-state index contributed by atoms with van der Waals surface area (Å²) in [6, 6.07) is 8.69. The van der Waals surface area contributed by atoms with Gasteiger partial charge in [0.05, 0.1) is 6.04 Å². The number of hydrogen-bond acceptors (Lipinski definition) is 2. The number of thiocarbonyl (C=S) groups is 1. The third-order valence-corrected chi connectivity index (χ3v) is 7.97. The maximum atomic E-state index is 13.8. The van der Waals surface area contributed by atoms with Crippen LogP contribution in [0.1, 0.15) is 77.6 Å². The third-order valence-electron chi connectivity index (χ3n) is 7.55. The number of benzene rings is 1. The average Bonchev–Trinajstić information content (AvgIpc) is 3.15. The molecule has 1 fully saturated rings. The van der Waals surface area contributed by atoms with Gasteiger partial charge in [-0.1, -0.05) is 32.0 Å². The molecule has 1 atom stereocenters. The first-order valence-electron chi connectivity index (χ1n) is 13.0. The molecule has 0 spiro atoms. The largest absolute Gasteiger partial charge is 0.358 e. The van der Waals surface area contributed by atoms with E-state index < -0.39 is 0 Å². The number of nitrogens with one attached hydrogen (secondary N) is 2. The van der Waals surface area contributed by atoms with Gasteiger partial charge in [0.1, 0.15) is 0 Å². The molecule has 2 aliphatic rings. The summed E-state index contributed by atoms with van der Waals surface area (Å²) in [7, 11) is 2.08. The Kier molecular flexibility index (Phi) is 7.28. The molecule has 4 rings (SSSR count). The number of rotatable bonds is 4. The van der Waals surface area contributed by atoms with E-state index in [9.17, 15) is 4.79 Å². The number of hydrogen-bond donors (Lipinski definition) is 2. The first-order chi connectivity index (χ1) is 16.0. The van der Waals surface area contributed by atoms with Gasteiger partial charge >= 0.3 is 0 Å². The Labute approximate surface area is 210 Å². The van der Waals surface area contributed by atoms with Crippen molar-refractivity contribution >= 4 is 34.1 Å².